The predicted molar refractivity (Wildman–Crippen MR) is 89.4 cm³/mol. The fourth-order valence-corrected chi connectivity index (χ4v) is 3.71. The minimum absolute atomic E-state index is 0.123. The summed E-state index contributed by atoms with van der Waals surface area (Å²) in [6.45, 7) is 9.30. The van der Waals surface area contributed by atoms with Gasteiger partial charge in [-0.05, 0) is 26.3 Å². The first kappa shape index (κ1) is 15.2. The first-order chi connectivity index (χ1) is 10.6. The highest BCUT2D eigenvalue weighted by Crippen LogP contribution is 2.32. The van der Waals surface area contributed by atoms with Gasteiger partial charge < -0.3 is 15.5 Å². The second kappa shape index (κ2) is 6.18. The number of aromatic nitrogens is 2. The molecule has 1 atom stereocenters. The number of nitrogens with zero attached hydrogens (tertiary/aromatic N) is 3. The third-order valence-electron chi connectivity index (χ3n) is 4.12. The fraction of sp³-hybridized carbons (Fsp3) is 0.533. The summed E-state index contributed by atoms with van der Waals surface area (Å²) in [4.78, 5) is 25.3. The van der Waals surface area contributed by atoms with Gasteiger partial charge in [-0.15, -0.1) is 11.3 Å². The van der Waals surface area contributed by atoms with Gasteiger partial charge in [-0.2, -0.15) is 0 Å². The molecule has 0 bridgehead atoms. The highest BCUT2D eigenvalue weighted by Gasteiger charge is 2.23. The van der Waals surface area contributed by atoms with E-state index in [-0.39, 0.29) is 11.9 Å². The summed E-state index contributed by atoms with van der Waals surface area (Å²) in [7, 11) is 0. The smallest absolute Gasteiger partial charge is 0.244 e. The molecular weight excluding hydrogens is 298 g/mol. The first-order valence-electron chi connectivity index (χ1n) is 7.54. The average Bonchev–Trinajstić information content (AvgIpc) is 2.83. The Balaban J connectivity index is 1.81. The van der Waals surface area contributed by atoms with Crippen molar-refractivity contribution in [3.63, 3.8) is 0 Å². The van der Waals surface area contributed by atoms with Crippen molar-refractivity contribution in [1.29, 1.82) is 0 Å². The van der Waals surface area contributed by atoms with Gasteiger partial charge in [-0.1, -0.05) is 0 Å². The maximum absolute atomic E-state index is 12.5. The summed E-state index contributed by atoms with van der Waals surface area (Å²) in [5.74, 6) is 0.876. The number of carbonyl (C=O) groups excluding carboxylic acids is 1. The number of hydrogen-bond acceptors (Lipinski definition) is 6. The lowest BCUT2D eigenvalue weighted by Gasteiger charge is -2.30. The Hall–Kier alpha value is -1.73. The van der Waals surface area contributed by atoms with Gasteiger partial charge in [0.1, 0.15) is 23.0 Å². The summed E-state index contributed by atoms with van der Waals surface area (Å²) in [6.07, 6.45) is 1.56. The van der Waals surface area contributed by atoms with Crippen molar-refractivity contribution in [1.82, 2.24) is 20.2 Å². The highest BCUT2D eigenvalue weighted by atomic mass is 32.1. The molecule has 0 spiro atoms. The van der Waals surface area contributed by atoms with Crippen LogP contribution in [0.15, 0.2) is 6.33 Å². The van der Waals surface area contributed by atoms with Crippen LogP contribution in [0, 0.1) is 13.8 Å². The molecule has 1 saturated heterocycles. The normalized spacial score (nSPS) is 16.8. The molecule has 2 aromatic heterocycles. The molecule has 1 fully saturated rings. The van der Waals surface area contributed by atoms with Gasteiger partial charge in [0.05, 0.1) is 5.39 Å². The van der Waals surface area contributed by atoms with E-state index in [2.05, 4.69) is 34.4 Å². The number of amides is 1. The second-order valence-electron chi connectivity index (χ2n) is 5.63. The Labute approximate surface area is 133 Å². The summed E-state index contributed by atoms with van der Waals surface area (Å²) < 4.78 is 0. The van der Waals surface area contributed by atoms with Crippen molar-refractivity contribution in [2.75, 3.05) is 31.5 Å². The molecular formula is C15H21N5OS. The zero-order valence-corrected chi connectivity index (χ0v) is 14.0. The van der Waals surface area contributed by atoms with Crippen molar-refractivity contribution >= 4 is 33.3 Å². The van der Waals surface area contributed by atoms with E-state index in [1.54, 1.807) is 17.7 Å². The van der Waals surface area contributed by atoms with Crippen LogP contribution in [0.3, 0.4) is 0 Å². The number of hydrogen-bond donors (Lipinski definition) is 2. The van der Waals surface area contributed by atoms with Crippen LogP contribution in [0.1, 0.15) is 17.4 Å². The molecule has 22 heavy (non-hydrogen) atoms. The van der Waals surface area contributed by atoms with Gasteiger partial charge in [0.2, 0.25) is 5.91 Å². The maximum atomic E-state index is 12.5. The van der Waals surface area contributed by atoms with E-state index in [0.29, 0.717) is 0 Å². The largest absolute Gasteiger partial charge is 0.358 e. The zero-order valence-electron chi connectivity index (χ0n) is 13.1. The van der Waals surface area contributed by atoms with Crippen molar-refractivity contribution in [3.05, 3.63) is 16.8 Å². The number of fused-ring (bicyclic) bond motifs is 1. The number of thiophene rings is 1. The molecule has 0 aromatic carbocycles. The molecule has 3 heterocycles. The van der Waals surface area contributed by atoms with Crippen molar-refractivity contribution in [2.45, 2.75) is 26.8 Å². The van der Waals surface area contributed by atoms with Crippen LogP contribution in [0.2, 0.25) is 0 Å². The standard InChI is InChI=1S/C15H21N5OS/c1-9-11(3)22-14-12(9)13(17-8-18-14)19-10(2)15(21)20-6-4-16-5-7-20/h8,10,16H,4-7H2,1-3H3,(H,17,18,19). The number of anilines is 1. The molecule has 2 N–H and O–H groups in total. The Morgan fingerprint density at radius 1 is 1.36 bits per heavy atom. The van der Waals surface area contributed by atoms with E-state index in [4.69, 9.17) is 0 Å². The van der Waals surface area contributed by atoms with Crippen LogP contribution in [0.4, 0.5) is 5.82 Å². The van der Waals surface area contributed by atoms with E-state index in [1.165, 1.54) is 10.4 Å². The molecule has 6 nitrogen and oxygen atoms in total. The maximum Gasteiger partial charge on any atom is 0.244 e. The number of aryl methyl sites for hydroxylation is 2. The van der Waals surface area contributed by atoms with Gasteiger partial charge >= 0.3 is 0 Å². The van der Waals surface area contributed by atoms with E-state index in [0.717, 1.165) is 42.2 Å². The molecule has 118 valence electrons. The van der Waals surface area contributed by atoms with Gasteiger partial charge in [0.15, 0.2) is 0 Å². The molecule has 1 aliphatic rings. The molecule has 0 saturated carbocycles. The Morgan fingerprint density at radius 3 is 2.82 bits per heavy atom. The van der Waals surface area contributed by atoms with Crippen LogP contribution >= 0.6 is 11.3 Å². The van der Waals surface area contributed by atoms with Gasteiger partial charge in [0.25, 0.3) is 0 Å². The van der Waals surface area contributed by atoms with Crippen molar-refractivity contribution in [2.24, 2.45) is 0 Å². The lowest BCUT2D eigenvalue weighted by atomic mass is 10.2. The van der Waals surface area contributed by atoms with Gasteiger partial charge in [-0.3, -0.25) is 4.79 Å². The summed E-state index contributed by atoms with van der Waals surface area (Å²) in [5, 5.41) is 7.57. The van der Waals surface area contributed by atoms with Crippen LogP contribution in [0.5, 0.6) is 0 Å². The average molecular weight is 319 g/mol. The van der Waals surface area contributed by atoms with E-state index < -0.39 is 0 Å². The molecule has 1 aliphatic heterocycles. The summed E-state index contributed by atoms with van der Waals surface area (Å²) in [6, 6.07) is -0.296. The molecule has 0 aliphatic carbocycles. The third kappa shape index (κ3) is 2.78. The van der Waals surface area contributed by atoms with E-state index >= 15 is 0 Å². The monoisotopic (exact) mass is 319 g/mol. The minimum Gasteiger partial charge on any atom is -0.358 e. The molecule has 0 radical (unpaired) electrons. The fourth-order valence-electron chi connectivity index (χ4n) is 2.72. The summed E-state index contributed by atoms with van der Waals surface area (Å²) in [5.41, 5.74) is 1.19. The van der Waals surface area contributed by atoms with Gasteiger partial charge in [-0.25, -0.2) is 9.97 Å². The van der Waals surface area contributed by atoms with Crippen LogP contribution < -0.4 is 10.6 Å². The topological polar surface area (TPSA) is 70.2 Å². The lowest BCUT2D eigenvalue weighted by molar-refractivity contribution is -0.132. The van der Waals surface area contributed by atoms with Gasteiger partial charge in [0, 0.05) is 31.1 Å². The lowest BCUT2D eigenvalue weighted by Crippen LogP contribution is -2.50. The number of rotatable bonds is 3. The Morgan fingerprint density at radius 2 is 2.09 bits per heavy atom. The highest BCUT2D eigenvalue weighted by molar-refractivity contribution is 7.18. The van der Waals surface area contributed by atoms with Crippen molar-refractivity contribution in [3.8, 4) is 0 Å². The molecule has 1 unspecified atom stereocenters. The van der Waals surface area contributed by atoms with Crippen LogP contribution in [-0.2, 0) is 4.79 Å². The SMILES string of the molecule is Cc1sc2ncnc(NC(C)C(=O)N3CCNCC3)c2c1C. The molecule has 1 amide bonds. The van der Waals surface area contributed by atoms with Crippen molar-refractivity contribution < 1.29 is 4.79 Å². The molecule has 7 heteroatoms. The number of piperazine rings is 1. The van der Waals surface area contributed by atoms with E-state index in [9.17, 15) is 4.79 Å². The number of carbonyl (C=O) groups is 1. The Bertz CT molecular complexity index is 693. The van der Waals surface area contributed by atoms with Crippen LogP contribution in [0.25, 0.3) is 10.2 Å². The number of nitrogens with one attached hydrogen (secondary N) is 2. The quantitative estimate of drug-likeness (QED) is 0.898. The second-order valence-corrected chi connectivity index (χ2v) is 6.83. The first-order valence-corrected chi connectivity index (χ1v) is 8.36. The van der Waals surface area contributed by atoms with E-state index in [1.807, 2.05) is 11.8 Å². The predicted octanol–water partition coefficient (Wildman–Crippen LogP) is 1.54. The summed E-state index contributed by atoms with van der Waals surface area (Å²) >= 11 is 1.66. The third-order valence-corrected chi connectivity index (χ3v) is 5.23. The molecule has 2 aromatic rings. The van der Waals surface area contributed by atoms with Crippen LogP contribution in [-0.4, -0.2) is 53.0 Å². The zero-order chi connectivity index (χ0) is 15.7. The Kier molecular flexibility index (Phi) is 4.26. The molecule has 3 rings (SSSR count). The minimum atomic E-state index is -0.296.